The number of alkyl halides is 1. The summed E-state index contributed by atoms with van der Waals surface area (Å²) in [6.07, 6.45) is 3.12. The van der Waals surface area contributed by atoms with E-state index < -0.39 is 0 Å². The molecule has 1 aliphatic rings. The summed E-state index contributed by atoms with van der Waals surface area (Å²) in [5.74, 6) is 0.179. The molecule has 1 amide bonds. The van der Waals surface area contributed by atoms with Gasteiger partial charge in [-0.25, -0.2) is 0 Å². The maximum Gasteiger partial charge on any atom is 0.233 e. The summed E-state index contributed by atoms with van der Waals surface area (Å²) in [6.45, 7) is 5.19. The van der Waals surface area contributed by atoms with Crippen molar-refractivity contribution >= 4 is 33.6 Å². The van der Waals surface area contributed by atoms with Gasteiger partial charge in [-0.05, 0) is 36.3 Å². The van der Waals surface area contributed by atoms with E-state index in [1.807, 2.05) is 12.1 Å². The summed E-state index contributed by atoms with van der Waals surface area (Å²) in [6, 6.07) is 8.31. The van der Waals surface area contributed by atoms with E-state index in [0.29, 0.717) is 0 Å². The van der Waals surface area contributed by atoms with E-state index in [4.69, 9.17) is 0 Å². The van der Waals surface area contributed by atoms with Crippen LogP contribution in [0.25, 0.3) is 0 Å². The third-order valence-electron chi connectivity index (χ3n) is 3.67. The first-order valence-electron chi connectivity index (χ1n) is 7.10. The van der Waals surface area contributed by atoms with Crippen LogP contribution in [0.2, 0.25) is 0 Å². The summed E-state index contributed by atoms with van der Waals surface area (Å²) in [7, 11) is 0. The Balaban J connectivity index is 1.82. The van der Waals surface area contributed by atoms with Crippen LogP contribution in [0, 0.1) is 5.41 Å². The van der Waals surface area contributed by atoms with Crippen LogP contribution < -0.4 is 5.32 Å². The zero-order chi connectivity index (χ0) is 14.6. The molecule has 1 heterocycles. The molecule has 0 aromatic heterocycles. The smallest absolute Gasteiger partial charge is 0.233 e. The van der Waals surface area contributed by atoms with E-state index in [9.17, 15) is 4.79 Å². The summed E-state index contributed by atoms with van der Waals surface area (Å²) in [4.78, 5) is 13.5. The van der Waals surface area contributed by atoms with Crippen molar-refractivity contribution in [2.75, 3.05) is 11.9 Å². The molecule has 1 N–H and O–H groups in total. The third-order valence-corrected chi connectivity index (χ3v) is 5.55. The van der Waals surface area contributed by atoms with Crippen LogP contribution in [0.3, 0.4) is 0 Å². The number of nitrogens with one attached hydrogen (secondary N) is 1. The molecule has 2 rings (SSSR count). The Labute approximate surface area is 134 Å². The predicted molar refractivity (Wildman–Crippen MR) is 89.6 cm³/mol. The topological polar surface area (TPSA) is 29.1 Å². The van der Waals surface area contributed by atoms with Crippen molar-refractivity contribution in [1.82, 2.24) is 5.32 Å². The predicted octanol–water partition coefficient (Wildman–Crippen LogP) is 4.02. The number of hydrogen-bond acceptors (Lipinski definition) is 2. The van der Waals surface area contributed by atoms with Gasteiger partial charge >= 0.3 is 0 Å². The molecule has 110 valence electrons. The highest BCUT2D eigenvalue weighted by Gasteiger charge is 2.29. The van der Waals surface area contributed by atoms with Gasteiger partial charge in [0.2, 0.25) is 5.91 Å². The molecule has 0 spiro atoms. The lowest BCUT2D eigenvalue weighted by Crippen LogP contribution is -2.38. The summed E-state index contributed by atoms with van der Waals surface area (Å²) < 4.78 is 0. The molecule has 1 aromatic rings. The first-order valence-corrected chi connectivity index (χ1v) is 9.10. The van der Waals surface area contributed by atoms with Crippen molar-refractivity contribution in [2.45, 2.75) is 43.3 Å². The molecule has 0 fully saturated rings. The van der Waals surface area contributed by atoms with E-state index in [0.717, 1.165) is 31.1 Å². The first-order chi connectivity index (χ1) is 9.52. The lowest BCUT2D eigenvalue weighted by atomic mass is 9.88. The summed E-state index contributed by atoms with van der Waals surface area (Å²) >= 11 is 5.15. The molecule has 1 aliphatic heterocycles. The van der Waals surface area contributed by atoms with E-state index in [1.54, 1.807) is 11.8 Å². The van der Waals surface area contributed by atoms with Crippen molar-refractivity contribution < 1.29 is 4.79 Å². The molecule has 0 radical (unpaired) electrons. The van der Waals surface area contributed by atoms with Crippen LogP contribution >= 0.6 is 27.7 Å². The van der Waals surface area contributed by atoms with Crippen LogP contribution in [-0.2, 0) is 11.2 Å². The Hall–Kier alpha value is -0.480. The monoisotopic (exact) mass is 355 g/mol. The lowest BCUT2D eigenvalue weighted by Gasteiger charge is -2.25. The Morgan fingerprint density at radius 2 is 2.20 bits per heavy atom. The number of rotatable bonds is 6. The Morgan fingerprint density at radius 1 is 1.45 bits per heavy atom. The molecule has 4 heteroatoms. The van der Waals surface area contributed by atoms with Crippen molar-refractivity contribution in [3.05, 3.63) is 29.8 Å². The van der Waals surface area contributed by atoms with Gasteiger partial charge in [0.25, 0.3) is 0 Å². The first kappa shape index (κ1) is 15.9. The summed E-state index contributed by atoms with van der Waals surface area (Å²) in [5, 5.41) is 4.20. The van der Waals surface area contributed by atoms with Crippen LogP contribution in [0.5, 0.6) is 0 Å². The Bertz CT molecular complexity index is 450. The van der Waals surface area contributed by atoms with Gasteiger partial charge in [0.15, 0.2) is 0 Å². The number of halogens is 1. The van der Waals surface area contributed by atoms with Gasteiger partial charge in [-0.15, -0.1) is 11.8 Å². The van der Waals surface area contributed by atoms with Gasteiger partial charge in [-0.1, -0.05) is 48.0 Å². The zero-order valence-corrected chi connectivity index (χ0v) is 14.5. The molecule has 0 saturated carbocycles. The van der Waals surface area contributed by atoms with E-state index in [-0.39, 0.29) is 16.6 Å². The van der Waals surface area contributed by atoms with Crippen LogP contribution in [0.15, 0.2) is 29.2 Å². The number of thioether (sulfide) groups is 1. The normalized spacial score (nSPS) is 17.9. The number of hydrogen-bond donors (Lipinski definition) is 1. The van der Waals surface area contributed by atoms with Crippen molar-refractivity contribution in [2.24, 2.45) is 5.41 Å². The van der Waals surface area contributed by atoms with Crippen LogP contribution in [0.1, 0.15) is 32.3 Å². The van der Waals surface area contributed by atoms with E-state index in [2.05, 4.69) is 47.2 Å². The van der Waals surface area contributed by atoms with Crippen molar-refractivity contribution in [3.8, 4) is 0 Å². The molecule has 1 atom stereocenters. The number of benzene rings is 1. The second kappa shape index (κ2) is 6.99. The second-order valence-electron chi connectivity index (χ2n) is 6.09. The van der Waals surface area contributed by atoms with Gasteiger partial charge in [-0.2, -0.15) is 0 Å². The fraction of sp³-hybridized carbons (Fsp3) is 0.562. The minimum Gasteiger partial charge on any atom is -0.355 e. The minimum atomic E-state index is 0.0411. The van der Waals surface area contributed by atoms with E-state index in [1.165, 1.54) is 10.5 Å². The molecular formula is C16H22BrNOS. The Morgan fingerprint density at radius 3 is 2.90 bits per heavy atom. The van der Waals surface area contributed by atoms with Gasteiger partial charge < -0.3 is 5.32 Å². The van der Waals surface area contributed by atoms with Crippen molar-refractivity contribution in [3.63, 3.8) is 0 Å². The van der Waals surface area contributed by atoms with Crippen LogP contribution in [-0.4, -0.2) is 23.0 Å². The SMILES string of the molecule is CC(C)(CCCBr)CNC(=O)C1Cc2ccccc2S1. The van der Waals surface area contributed by atoms with E-state index >= 15 is 0 Å². The highest BCUT2D eigenvalue weighted by Crippen LogP contribution is 2.36. The molecule has 20 heavy (non-hydrogen) atoms. The number of amides is 1. The lowest BCUT2D eigenvalue weighted by molar-refractivity contribution is -0.121. The number of carbonyl (C=O) groups is 1. The number of fused-ring (bicyclic) bond motifs is 1. The van der Waals surface area contributed by atoms with Gasteiger partial charge in [0.05, 0.1) is 5.25 Å². The average Bonchev–Trinajstić information content (AvgIpc) is 2.86. The second-order valence-corrected chi connectivity index (χ2v) is 8.13. The maximum atomic E-state index is 12.3. The largest absolute Gasteiger partial charge is 0.355 e. The fourth-order valence-electron chi connectivity index (χ4n) is 2.40. The number of carbonyl (C=O) groups excluding carboxylic acids is 1. The third kappa shape index (κ3) is 4.26. The highest BCUT2D eigenvalue weighted by molar-refractivity contribution is 9.09. The fourth-order valence-corrected chi connectivity index (χ4v) is 3.90. The zero-order valence-electron chi connectivity index (χ0n) is 12.1. The van der Waals surface area contributed by atoms with Gasteiger partial charge in [-0.3, -0.25) is 4.79 Å². The quantitative estimate of drug-likeness (QED) is 0.780. The van der Waals surface area contributed by atoms with Gasteiger partial charge in [0.1, 0.15) is 0 Å². The highest BCUT2D eigenvalue weighted by atomic mass is 79.9. The average molecular weight is 356 g/mol. The molecule has 1 unspecified atom stereocenters. The standard InChI is InChI=1S/C16H22BrNOS/c1-16(2,8-5-9-17)11-18-15(19)14-10-12-6-3-4-7-13(12)20-14/h3-4,6-7,14H,5,8-11H2,1-2H3,(H,18,19). The Kier molecular flexibility index (Phi) is 5.56. The van der Waals surface area contributed by atoms with Gasteiger partial charge in [0, 0.05) is 16.8 Å². The summed E-state index contributed by atoms with van der Waals surface area (Å²) in [5.41, 5.74) is 1.47. The molecule has 0 aliphatic carbocycles. The van der Waals surface area contributed by atoms with Crippen LogP contribution in [0.4, 0.5) is 0 Å². The molecular weight excluding hydrogens is 334 g/mol. The molecule has 2 nitrogen and oxygen atoms in total. The van der Waals surface area contributed by atoms with Crippen molar-refractivity contribution in [1.29, 1.82) is 0 Å². The maximum absolute atomic E-state index is 12.3. The molecule has 1 aromatic carbocycles. The molecule has 0 bridgehead atoms. The molecule has 0 saturated heterocycles. The minimum absolute atomic E-state index is 0.0411.